The van der Waals surface area contributed by atoms with Gasteiger partial charge in [-0.1, -0.05) is 36.4 Å². The summed E-state index contributed by atoms with van der Waals surface area (Å²) in [5.74, 6) is 5.98. The van der Waals surface area contributed by atoms with E-state index in [1.54, 1.807) is 42.2 Å². The van der Waals surface area contributed by atoms with Crippen molar-refractivity contribution in [2.75, 3.05) is 10.5 Å². The van der Waals surface area contributed by atoms with Crippen molar-refractivity contribution in [3.05, 3.63) is 86.8 Å². The number of nitrogens with one attached hydrogen (secondary N) is 1. The van der Waals surface area contributed by atoms with Crippen molar-refractivity contribution in [3.63, 3.8) is 0 Å². The van der Waals surface area contributed by atoms with Gasteiger partial charge in [0, 0.05) is 19.6 Å². The van der Waals surface area contributed by atoms with Gasteiger partial charge < -0.3 is 5.84 Å². The van der Waals surface area contributed by atoms with Crippen LogP contribution in [0.3, 0.4) is 0 Å². The first-order valence-corrected chi connectivity index (χ1v) is 13.0. The molecule has 0 spiro atoms. The Hall–Kier alpha value is -1.81. The van der Waals surface area contributed by atoms with E-state index in [0.29, 0.717) is 10.2 Å². The highest BCUT2D eigenvalue weighted by Crippen LogP contribution is 2.31. The number of sulfonamides is 1. The van der Waals surface area contributed by atoms with Gasteiger partial charge in [0.25, 0.3) is 10.0 Å². The molecule has 0 heterocycles. The summed E-state index contributed by atoms with van der Waals surface area (Å²) in [7, 11) is -3.70. The number of nitrogens with zero attached hydrogens (tertiary/aromatic N) is 1. The zero-order chi connectivity index (χ0) is 21.6. The van der Waals surface area contributed by atoms with Crippen molar-refractivity contribution in [1.29, 1.82) is 0 Å². The predicted octanol–water partition coefficient (Wildman–Crippen LogP) is 5.64. The Morgan fingerprint density at radius 2 is 1.73 bits per heavy atom. The van der Waals surface area contributed by atoms with Gasteiger partial charge >= 0.3 is 0 Å². The van der Waals surface area contributed by atoms with E-state index in [2.05, 4.69) is 41.7 Å². The molecule has 9 heteroatoms. The van der Waals surface area contributed by atoms with Crippen molar-refractivity contribution in [2.24, 2.45) is 10.9 Å². The van der Waals surface area contributed by atoms with Crippen LogP contribution in [0.2, 0.25) is 0 Å². The first kappa shape index (κ1) is 22.9. The molecule has 0 unspecified atom stereocenters. The molecule has 156 valence electrons. The number of aryl methyl sites for hydroxylation is 1. The molecule has 0 radical (unpaired) electrons. The Morgan fingerprint density at radius 1 is 1.00 bits per heavy atom. The molecular formula is C21H19Br2N3O2S2. The maximum Gasteiger partial charge on any atom is 0.261 e. The first-order valence-electron chi connectivity index (χ1n) is 8.91. The van der Waals surface area contributed by atoms with Crippen LogP contribution in [-0.4, -0.2) is 20.4 Å². The summed E-state index contributed by atoms with van der Waals surface area (Å²) in [6, 6.07) is 20.2. The maximum atomic E-state index is 12.8. The van der Waals surface area contributed by atoms with Crippen LogP contribution in [0.1, 0.15) is 11.1 Å². The monoisotopic (exact) mass is 567 g/mol. The van der Waals surface area contributed by atoms with Gasteiger partial charge in [-0.05, 0) is 79.7 Å². The van der Waals surface area contributed by atoms with Gasteiger partial charge in [-0.15, -0.1) is 11.8 Å². The summed E-state index contributed by atoms with van der Waals surface area (Å²) < 4.78 is 29.8. The molecule has 0 saturated carbocycles. The molecule has 0 aromatic heterocycles. The molecule has 0 bridgehead atoms. The maximum absolute atomic E-state index is 12.8. The normalized spacial score (nSPS) is 11.7. The van der Waals surface area contributed by atoms with Gasteiger partial charge in [0.15, 0.2) is 0 Å². The van der Waals surface area contributed by atoms with Crippen molar-refractivity contribution in [2.45, 2.75) is 16.2 Å². The number of rotatable bonds is 8. The van der Waals surface area contributed by atoms with E-state index in [-0.39, 0.29) is 4.90 Å². The number of nitrogens with two attached hydrogens (primary N) is 1. The van der Waals surface area contributed by atoms with Crippen molar-refractivity contribution in [1.82, 2.24) is 0 Å². The molecule has 0 aliphatic carbocycles. The fourth-order valence-electron chi connectivity index (χ4n) is 2.66. The lowest BCUT2D eigenvalue weighted by molar-refractivity contribution is 0.601. The molecule has 30 heavy (non-hydrogen) atoms. The van der Waals surface area contributed by atoms with Gasteiger partial charge in [0.2, 0.25) is 0 Å². The molecule has 5 nitrogen and oxygen atoms in total. The highest BCUT2D eigenvalue weighted by molar-refractivity contribution is 9.13. The van der Waals surface area contributed by atoms with Crippen molar-refractivity contribution < 1.29 is 8.42 Å². The van der Waals surface area contributed by atoms with Gasteiger partial charge in [-0.25, -0.2) is 8.42 Å². The van der Waals surface area contributed by atoms with Crippen LogP contribution in [0.25, 0.3) is 0 Å². The van der Waals surface area contributed by atoms with E-state index in [0.717, 1.165) is 27.1 Å². The molecule has 0 atom stereocenters. The number of halogens is 2. The zero-order valence-corrected chi connectivity index (χ0v) is 20.6. The third kappa shape index (κ3) is 6.10. The van der Waals surface area contributed by atoms with Crippen molar-refractivity contribution in [3.8, 4) is 0 Å². The fraction of sp³-hybridized carbons (Fsp3) is 0.0952. The molecule has 0 amide bonds. The molecule has 3 rings (SSSR count). The Bertz CT molecular complexity index is 1150. The highest BCUT2D eigenvalue weighted by atomic mass is 79.9. The highest BCUT2D eigenvalue weighted by Gasteiger charge is 2.17. The smallest absolute Gasteiger partial charge is 0.261 e. The van der Waals surface area contributed by atoms with E-state index < -0.39 is 10.0 Å². The summed E-state index contributed by atoms with van der Waals surface area (Å²) in [5.41, 5.74) is 2.71. The van der Waals surface area contributed by atoms with E-state index in [1.165, 1.54) is 5.56 Å². The van der Waals surface area contributed by atoms with Gasteiger partial charge in [0.1, 0.15) is 0 Å². The lowest BCUT2D eigenvalue weighted by Crippen LogP contribution is -2.13. The number of para-hydroxylation sites is 1. The Kier molecular flexibility index (Phi) is 7.99. The van der Waals surface area contributed by atoms with E-state index in [1.807, 2.05) is 42.5 Å². The minimum Gasteiger partial charge on any atom is -0.323 e. The second-order valence-corrected chi connectivity index (χ2v) is 10.8. The molecule has 0 aliphatic heterocycles. The van der Waals surface area contributed by atoms with Gasteiger partial charge in [-0.3, -0.25) is 4.72 Å². The zero-order valence-electron chi connectivity index (χ0n) is 15.8. The molecule has 0 aliphatic rings. The average molecular weight is 569 g/mol. The number of hydrogen-bond acceptors (Lipinski definition) is 5. The first-order chi connectivity index (χ1) is 14.4. The molecular weight excluding hydrogens is 550 g/mol. The van der Waals surface area contributed by atoms with Gasteiger partial charge in [-0.2, -0.15) is 5.10 Å². The third-order valence-corrected chi connectivity index (χ3v) is 8.50. The number of hydrogen-bond donors (Lipinski definition) is 2. The fourth-order valence-corrected chi connectivity index (χ4v) is 5.61. The van der Waals surface area contributed by atoms with Crippen LogP contribution in [-0.2, 0) is 16.4 Å². The third-order valence-electron chi connectivity index (χ3n) is 4.18. The SMILES string of the molecule is NN=Cc1ccc(CCSc2ccccc2NS(=O)(=O)c2ccc(Br)c(Br)c2)cc1. The average Bonchev–Trinajstić information content (AvgIpc) is 2.72. The molecule has 3 aromatic rings. The summed E-state index contributed by atoms with van der Waals surface area (Å²) in [6.45, 7) is 0. The summed E-state index contributed by atoms with van der Waals surface area (Å²) in [5, 5.41) is 3.52. The number of anilines is 1. The van der Waals surface area contributed by atoms with Crippen LogP contribution in [0, 0.1) is 0 Å². The quantitative estimate of drug-likeness (QED) is 0.159. The summed E-state index contributed by atoms with van der Waals surface area (Å²) in [6.07, 6.45) is 2.45. The lowest BCUT2D eigenvalue weighted by atomic mass is 10.1. The standard InChI is InChI=1S/C21H19Br2N3O2S2/c22-18-10-9-17(13-19(18)23)30(27,28)26-20-3-1-2-4-21(20)29-12-11-15-5-7-16(8-6-15)14-25-24/h1-10,13-14,26H,11-12,24H2. The Balaban J connectivity index is 1.68. The van der Waals surface area contributed by atoms with Crippen LogP contribution < -0.4 is 10.6 Å². The second kappa shape index (κ2) is 10.5. The van der Waals surface area contributed by atoms with Crippen LogP contribution in [0.5, 0.6) is 0 Å². The van der Waals surface area contributed by atoms with E-state index in [4.69, 9.17) is 5.84 Å². The lowest BCUT2D eigenvalue weighted by Gasteiger charge is -2.13. The van der Waals surface area contributed by atoms with Crippen LogP contribution in [0.15, 0.2) is 90.6 Å². The molecule has 3 aromatic carbocycles. The molecule has 0 saturated heterocycles. The number of benzene rings is 3. The largest absolute Gasteiger partial charge is 0.323 e. The molecule has 0 fully saturated rings. The van der Waals surface area contributed by atoms with Gasteiger partial charge in [0.05, 0.1) is 16.8 Å². The van der Waals surface area contributed by atoms with Crippen molar-refractivity contribution >= 4 is 65.5 Å². The van der Waals surface area contributed by atoms with Crippen LogP contribution in [0.4, 0.5) is 5.69 Å². The topological polar surface area (TPSA) is 84.5 Å². The second-order valence-electron chi connectivity index (χ2n) is 6.30. The molecule has 3 N–H and O–H groups in total. The summed E-state index contributed by atoms with van der Waals surface area (Å²) in [4.78, 5) is 1.07. The summed E-state index contributed by atoms with van der Waals surface area (Å²) >= 11 is 8.32. The Labute approximate surface area is 197 Å². The predicted molar refractivity (Wildman–Crippen MR) is 132 cm³/mol. The van der Waals surface area contributed by atoms with E-state index in [9.17, 15) is 8.42 Å². The number of thioether (sulfide) groups is 1. The minimum absolute atomic E-state index is 0.193. The minimum atomic E-state index is -3.70. The van der Waals surface area contributed by atoms with Crippen LogP contribution >= 0.6 is 43.6 Å². The number of hydrazone groups is 1. The Morgan fingerprint density at radius 3 is 2.43 bits per heavy atom. The van der Waals surface area contributed by atoms with E-state index >= 15 is 0 Å².